The van der Waals surface area contributed by atoms with Crippen LogP contribution in [-0.2, 0) is 14.2 Å². The Morgan fingerprint density at radius 3 is 2.22 bits per heavy atom. The molecule has 0 aromatic heterocycles. The van der Waals surface area contributed by atoms with E-state index in [4.69, 9.17) is 18.9 Å². The van der Waals surface area contributed by atoms with Crippen LogP contribution in [0.3, 0.4) is 0 Å². The number of methoxy groups -OCH3 is 1. The molecule has 4 heteroatoms. The highest BCUT2D eigenvalue weighted by Crippen LogP contribution is 2.27. The molecule has 1 aliphatic rings. The van der Waals surface area contributed by atoms with Crippen molar-refractivity contribution in [2.75, 3.05) is 26.9 Å². The molecule has 0 amide bonds. The van der Waals surface area contributed by atoms with Gasteiger partial charge >= 0.3 is 0 Å². The van der Waals surface area contributed by atoms with E-state index in [1.807, 2.05) is 43.4 Å². The molecule has 1 fully saturated rings. The zero-order valence-corrected chi connectivity index (χ0v) is 15.8. The Bertz CT molecular complexity index is 739. The normalized spacial score (nSPS) is 20.4. The molecule has 2 aromatic carbocycles. The van der Waals surface area contributed by atoms with Crippen molar-refractivity contribution >= 4 is 0 Å². The third-order valence-corrected chi connectivity index (χ3v) is 4.39. The highest BCUT2D eigenvalue weighted by molar-refractivity contribution is 5.64. The maximum atomic E-state index is 5.93. The van der Waals surface area contributed by atoms with Gasteiger partial charge < -0.3 is 18.9 Å². The van der Waals surface area contributed by atoms with Gasteiger partial charge in [-0.3, -0.25) is 0 Å². The maximum Gasteiger partial charge on any atom is 0.181 e. The summed E-state index contributed by atoms with van der Waals surface area (Å²) in [6, 6.07) is 16.4. The van der Waals surface area contributed by atoms with Crippen LogP contribution in [-0.4, -0.2) is 33.2 Å². The molecular formula is C23H26O4. The molecule has 0 aliphatic carbocycles. The molecule has 142 valence electrons. The zero-order valence-electron chi connectivity index (χ0n) is 15.8. The van der Waals surface area contributed by atoms with Gasteiger partial charge in [0, 0.05) is 0 Å². The van der Waals surface area contributed by atoms with E-state index < -0.39 is 0 Å². The molecule has 0 N–H and O–H groups in total. The number of hydrogen-bond acceptors (Lipinski definition) is 4. The largest absolute Gasteiger partial charge is 0.497 e. The second kappa shape index (κ2) is 10.1. The first-order valence-corrected chi connectivity index (χ1v) is 9.17. The Hall–Kier alpha value is -2.40. The number of benzene rings is 2. The minimum atomic E-state index is -0.310. The predicted octanol–water partition coefficient (Wildman–Crippen LogP) is 4.93. The third-order valence-electron chi connectivity index (χ3n) is 4.39. The lowest BCUT2D eigenvalue weighted by Gasteiger charge is -2.29. The van der Waals surface area contributed by atoms with Crippen LogP contribution < -0.4 is 4.74 Å². The molecular weight excluding hydrogens is 340 g/mol. The van der Waals surface area contributed by atoms with Gasteiger partial charge in [0.1, 0.15) is 11.9 Å². The summed E-state index contributed by atoms with van der Waals surface area (Å²) in [7, 11) is 1.67. The Morgan fingerprint density at radius 2 is 1.63 bits per heavy atom. The molecule has 0 bridgehead atoms. The molecule has 2 atom stereocenters. The topological polar surface area (TPSA) is 36.9 Å². The zero-order chi connectivity index (χ0) is 18.9. The molecule has 0 saturated carbocycles. The number of rotatable bonds is 7. The van der Waals surface area contributed by atoms with E-state index in [1.165, 1.54) is 0 Å². The summed E-state index contributed by atoms with van der Waals surface area (Å²) >= 11 is 0. The summed E-state index contributed by atoms with van der Waals surface area (Å²) in [4.78, 5) is 0. The minimum Gasteiger partial charge on any atom is -0.497 e. The first kappa shape index (κ1) is 19.4. The lowest BCUT2D eigenvalue weighted by atomic mass is 10.0. The Labute approximate surface area is 161 Å². The Balaban J connectivity index is 1.51. The van der Waals surface area contributed by atoms with Crippen molar-refractivity contribution in [3.8, 4) is 16.9 Å². The van der Waals surface area contributed by atoms with E-state index in [0.717, 1.165) is 22.4 Å². The first-order valence-electron chi connectivity index (χ1n) is 9.17. The smallest absolute Gasteiger partial charge is 0.181 e. The highest BCUT2D eigenvalue weighted by atomic mass is 16.7. The van der Waals surface area contributed by atoms with E-state index in [2.05, 4.69) is 36.4 Å². The van der Waals surface area contributed by atoms with Gasteiger partial charge in [0.15, 0.2) is 6.29 Å². The van der Waals surface area contributed by atoms with Crippen molar-refractivity contribution in [1.29, 1.82) is 0 Å². The average Bonchev–Trinajstić information content (AvgIpc) is 2.74. The van der Waals surface area contributed by atoms with E-state index >= 15 is 0 Å². The van der Waals surface area contributed by atoms with Gasteiger partial charge in [-0.15, -0.1) is 0 Å². The fraction of sp³-hybridized carbons (Fsp3) is 0.304. The molecule has 0 unspecified atom stereocenters. The second-order valence-electron chi connectivity index (χ2n) is 6.22. The van der Waals surface area contributed by atoms with Crippen LogP contribution in [0.5, 0.6) is 5.75 Å². The van der Waals surface area contributed by atoms with Crippen molar-refractivity contribution in [3.63, 3.8) is 0 Å². The number of allylic oxidation sites excluding steroid dienone is 3. The van der Waals surface area contributed by atoms with Crippen LogP contribution in [0.2, 0.25) is 0 Å². The summed E-state index contributed by atoms with van der Waals surface area (Å²) in [6.45, 7) is 3.42. The predicted molar refractivity (Wildman–Crippen MR) is 107 cm³/mol. The van der Waals surface area contributed by atoms with Crippen LogP contribution >= 0.6 is 0 Å². The molecule has 3 rings (SSSR count). The fourth-order valence-corrected chi connectivity index (χ4v) is 2.86. The van der Waals surface area contributed by atoms with Crippen molar-refractivity contribution < 1.29 is 18.9 Å². The van der Waals surface area contributed by atoms with Crippen LogP contribution in [0.4, 0.5) is 0 Å². The molecule has 1 heterocycles. The maximum absolute atomic E-state index is 5.93. The first-order chi connectivity index (χ1) is 13.3. The van der Waals surface area contributed by atoms with Crippen LogP contribution in [0, 0.1) is 0 Å². The Kier molecular flexibility index (Phi) is 7.22. The highest BCUT2D eigenvalue weighted by Gasteiger charge is 2.23. The summed E-state index contributed by atoms with van der Waals surface area (Å²) in [5.74, 6) is 0.859. The quantitative estimate of drug-likeness (QED) is 0.652. The lowest BCUT2D eigenvalue weighted by Crippen LogP contribution is -2.33. The van der Waals surface area contributed by atoms with Crippen molar-refractivity contribution in [2.24, 2.45) is 0 Å². The van der Waals surface area contributed by atoms with E-state index in [9.17, 15) is 0 Å². The van der Waals surface area contributed by atoms with Gasteiger partial charge in [0.05, 0.1) is 26.9 Å². The van der Waals surface area contributed by atoms with E-state index in [0.29, 0.717) is 19.8 Å². The van der Waals surface area contributed by atoms with Gasteiger partial charge in [-0.05, 0) is 35.7 Å². The molecule has 1 saturated heterocycles. The fourth-order valence-electron chi connectivity index (χ4n) is 2.86. The summed E-state index contributed by atoms with van der Waals surface area (Å²) in [6.07, 6.45) is 7.47. The van der Waals surface area contributed by atoms with Crippen molar-refractivity contribution in [3.05, 3.63) is 78.4 Å². The SMILES string of the molecule is C/C=C/C=C/CO[C@@H]1CO[C@@H](c2ccc(-c3ccc(OC)cc3)cc2)CO1. The Morgan fingerprint density at radius 1 is 0.926 bits per heavy atom. The molecule has 0 spiro atoms. The molecule has 4 nitrogen and oxygen atoms in total. The van der Waals surface area contributed by atoms with Gasteiger partial charge in [0.2, 0.25) is 0 Å². The number of ether oxygens (including phenoxy) is 4. The monoisotopic (exact) mass is 366 g/mol. The van der Waals surface area contributed by atoms with Crippen LogP contribution in [0.15, 0.2) is 72.8 Å². The third kappa shape index (κ3) is 5.54. The number of hydrogen-bond donors (Lipinski definition) is 0. The standard InChI is InChI=1S/C23H26O4/c1-3-4-5-6-15-25-23-17-26-22(16-27-23)20-9-7-18(8-10-20)19-11-13-21(24-2)14-12-19/h3-14,22-23H,15-17H2,1-2H3/b4-3+,6-5+/t22-,23+/m1/s1. The van der Waals surface area contributed by atoms with Crippen LogP contribution in [0.1, 0.15) is 18.6 Å². The van der Waals surface area contributed by atoms with Crippen molar-refractivity contribution in [2.45, 2.75) is 19.3 Å². The average molecular weight is 366 g/mol. The lowest BCUT2D eigenvalue weighted by molar-refractivity contribution is -0.232. The van der Waals surface area contributed by atoms with Crippen LogP contribution in [0.25, 0.3) is 11.1 Å². The van der Waals surface area contributed by atoms with E-state index in [-0.39, 0.29) is 12.4 Å². The summed E-state index contributed by atoms with van der Waals surface area (Å²) in [5.41, 5.74) is 3.42. The summed E-state index contributed by atoms with van der Waals surface area (Å²) in [5, 5.41) is 0. The molecule has 2 aromatic rings. The van der Waals surface area contributed by atoms with Crippen molar-refractivity contribution in [1.82, 2.24) is 0 Å². The van der Waals surface area contributed by atoms with E-state index in [1.54, 1.807) is 7.11 Å². The molecule has 27 heavy (non-hydrogen) atoms. The molecule has 1 aliphatic heterocycles. The second-order valence-corrected chi connectivity index (χ2v) is 6.22. The summed E-state index contributed by atoms with van der Waals surface area (Å²) < 4.78 is 22.5. The van der Waals surface area contributed by atoms with Gasteiger partial charge in [-0.1, -0.05) is 60.7 Å². The van der Waals surface area contributed by atoms with Gasteiger partial charge in [-0.2, -0.15) is 0 Å². The minimum absolute atomic E-state index is 0.0617. The van der Waals surface area contributed by atoms with Gasteiger partial charge in [-0.25, -0.2) is 0 Å². The van der Waals surface area contributed by atoms with Gasteiger partial charge in [0.25, 0.3) is 0 Å². The molecule has 0 radical (unpaired) electrons.